The van der Waals surface area contributed by atoms with Gasteiger partial charge in [-0.1, -0.05) is 6.92 Å². The molecule has 2 N–H and O–H groups in total. The molecule has 1 aromatic rings. The van der Waals surface area contributed by atoms with Gasteiger partial charge in [0.25, 0.3) is 5.91 Å². The van der Waals surface area contributed by atoms with Crippen molar-refractivity contribution in [1.82, 2.24) is 15.1 Å². The zero-order valence-electron chi connectivity index (χ0n) is 8.68. The van der Waals surface area contributed by atoms with Crippen LogP contribution in [0.5, 0.6) is 0 Å². The lowest BCUT2D eigenvalue weighted by Gasteiger charge is -2.34. The van der Waals surface area contributed by atoms with Gasteiger partial charge >= 0.3 is 0 Å². The maximum absolute atomic E-state index is 11.9. The molecule has 1 saturated heterocycles. The van der Waals surface area contributed by atoms with Crippen LogP contribution in [0, 0.1) is 5.92 Å². The molecule has 0 aromatic carbocycles. The lowest BCUT2D eigenvalue weighted by Crippen LogP contribution is -2.44. The number of aromatic nitrogens is 2. The minimum atomic E-state index is -0.279. The highest BCUT2D eigenvalue weighted by Crippen LogP contribution is 2.18. The highest BCUT2D eigenvalue weighted by atomic mass is 16.3. The Hall–Kier alpha value is -1.36. The van der Waals surface area contributed by atoms with E-state index in [1.165, 1.54) is 6.20 Å². The van der Waals surface area contributed by atoms with Crippen LogP contribution in [0.4, 0.5) is 0 Å². The number of nitrogens with zero attached hydrogens (tertiary/aromatic N) is 2. The van der Waals surface area contributed by atoms with Crippen LogP contribution in [0.15, 0.2) is 12.4 Å². The Morgan fingerprint density at radius 2 is 2.53 bits per heavy atom. The van der Waals surface area contributed by atoms with Gasteiger partial charge in [-0.25, -0.2) is 0 Å². The Labute approximate surface area is 88.1 Å². The number of hydrogen-bond donors (Lipinski definition) is 2. The summed E-state index contributed by atoms with van der Waals surface area (Å²) in [6, 6.07) is 0. The molecule has 5 nitrogen and oxygen atoms in total. The molecular weight excluding hydrogens is 194 g/mol. The first-order chi connectivity index (χ1) is 7.18. The van der Waals surface area contributed by atoms with Crippen molar-refractivity contribution in [2.24, 2.45) is 5.92 Å². The van der Waals surface area contributed by atoms with Gasteiger partial charge in [0.2, 0.25) is 0 Å². The Bertz CT molecular complexity index is 336. The van der Waals surface area contributed by atoms with Crippen LogP contribution in [-0.2, 0) is 0 Å². The van der Waals surface area contributed by atoms with Crippen molar-refractivity contribution in [3.8, 4) is 0 Å². The van der Waals surface area contributed by atoms with Gasteiger partial charge in [-0.2, -0.15) is 5.10 Å². The highest BCUT2D eigenvalue weighted by molar-refractivity contribution is 5.93. The van der Waals surface area contributed by atoms with Gasteiger partial charge < -0.3 is 10.0 Å². The van der Waals surface area contributed by atoms with E-state index >= 15 is 0 Å². The van der Waals surface area contributed by atoms with E-state index in [2.05, 4.69) is 10.2 Å². The molecule has 1 fully saturated rings. The molecule has 82 valence electrons. The Kier molecular flexibility index (Phi) is 2.73. The molecule has 2 rings (SSSR count). The van der Waals surface area contributed by atoms with Crippen molar-refractivity contribution >= 4 is 5.91 Å². The van der Waals surface area contributed by atoms with E-state index in [9.17, 15) is 9.90 Å². The first-order valence-corrected chi connectivity index (χ1v) is 5.14. The number of carbonyl (C=O) groups excluding carboxylic acids is 1. The van der Waals surface area contributed by atoms with Crippen LogP contribution in [0.25, 0.3) is 0 Å². The predicted molar refractivity (Wildman–Crippen MR) is 54.3 cm³/mol. The monoisotopic (exact) mass is 209 g/mol. The Balaban J connectivity index is 2.03. The molecule has 2 atom stereocenters. The van der Waals surface area contributed by atoms with Crippen molar-refractivity contribution in [2.75, 3.05) is 13.1 Å². The molecule has 2 unspecified atom stereocenters. The molecule has 2 heterocycles. The van der Waals surface area contributed by atoms with Gasteiger partial charge in [0.05, 0.1) is 17.9 Å². The largest absolute Gasteiger partial charge is 0.393 e. The molecule has 1 aliphatic rings. The van der Waals surface area contributed by atoms with Gasteiger partial charge in [0.15, 0.2) is 0 Å². The van der Waals surface area contributed by atoms with Crippen LogP contribution in [0.2, 0.25) is 0 Å². The number of amides is 1. The average molecular weight is 209 g/mol. The minimum Gasteiger partial charge on any atom is -0.393 e. The molecule has 0 radical (unpaired) electrons. The van der Waals surface area contributed by atoms with Crippen molar-refractivity contribution in [3.63, 3.8) is 0 Å². The van der Waals surface area contributed by atoms with Crippen LogP contribution in [0.3, 0.4) is 0 Å². The van der Waals surface area contributed by atoms with Gasteiger partial charge in [-0.3, -0.25) is 9.89 Å². The summed E-state index contributed by atoms with van der Waals surface area (Å²) in [4.78, 5) is 13.7. The highest BCUT2D eigenvalue weighted by Gasteiger charge is 2.27. The van der Waals surface area contributed by atoms with Crippen molar-refractivity contribution in [1.29, 1.82) is 0 Å². The molecule has 1 aromatic heterocycles. The number of likely N-dealkylation sites (tertiary alicyclic amines) is 1. The Morgan fingerprint density at radius 1 is 1.73 bits per heavy atom. The van der Waals surface area contributed by atoms with Crippen molar-refractivity contribution < 1.29 is 9.90 Å². The number of rotatable bonds is 1. The van der Waals surface area contributed by atoms with E-state index < -0.39 is 0 Å². The Morgan fingerprint density at radius 3 is 3.13 bits per heavy atom. The number of aliphatic hydroxyl groups is 1. The van der Waals surface area contributed by atoms with Gasteiger partial charge in [0, 0.05) is 19.3 Å². The number of nitrogens with one attached hydrogen (secondary N) is 1. The third-order valence-electron chi connectivity index (χ3n) is 2.89. The summed E-state index contributed by atoms with van der Waals surface area (Å²) in [5.41, 5.74) is 0.582. The van der Waals surface area contributed by atoms with Gasteiger partial charge in [-0.05, 0) is 12.3 Å². The molecule has 0 saturated carbocycles. The third-order valence-corrected chi connectivity index (χ3v) is 2.89. The minimum absolute atomic E-state index is 0.0116. The molecule has 15 heavy (non-hydrogen) atoms. The number of hydrogen-bond acceptors (Lipinski definition) is 3. The fourth-order valence-electron chi connectivity index (χ4n) is 1.87. The van der Waals surface area contributed by atoms with E-state index in [0.29, 0.717) is 25.1 Å². The summed E-state index contributed by atoms with van der Waals surface area (Å²) in [6.45, 7) is 3.19. The van der Waals surface area contributed by atoms with Crippen LogP contribution >= 0.6 is 0 Å². The second kappa shape index (κ2) is 4.02. The second-order valence-corrected chi connectivity index (χ2v) is 4.07. The summed E-state index contributed by atoms with van der Waals surface area (Å²) >= 11 is 0. The number of carbonyl (C=O) groups is 1. The quantitative estimate of drug-likeness (QED) is 0.696. The summed E-state index contributed by atoms with van der Waals surface area (Å²) in [6.07, 6.45) is 3.50. The SMILES string of the molecule is CC1CN(C(=O)c2cn[nH]c2)CCC1O. The lowest BCUT2D eigenvalue weighted by atomic mass is 9.96. The third kappa shape index (κ3) is 2.02. The molecule has 0 bridgehead atoms. The number of H-pyrrole nitrogens is 1. The lowest BCUT2D eigenvalue weighted by molar-refractivity contribution is 0.0297. The molecule has 1 aliphatic heterocycles. The van der Waals surface area contributed by atoms with Crippen molar-refractivity contribution in [2.45, 2.75) is 19.4 Å². The number of aliphatic hydroxyl groups excluding tert-OH is 1. The van der Waals surface area contributed by atoms with E-state index in [-0.39, 0.29) is 17.9 Å². The number of aromatic amines is 1. The normalized spacial score (nSPS) is 26.7. The second-order valence-electron chi connectivity index (χ2n) is 4.07. The van der Waals surface area contributed by atoms with E-state index in [0.717, 1.165) is 0 Å². The van der Waals surface area contributed by atoms with E-state index in [4.69, 9.17) is 0 Å². The smallest absolute Gasteiger partial charge is 0.257 e. The van der Waals surface area contributed by atoms with Crippen molar-refractivity contribution in [3.05, 3.63) is 18.0 Å². The zero-order valence-corrected chi connectivity index (χ0v) is 8.68. The van der Waals surface area contributed by atoms with Gasteiger partial charge in [0.1, 0.15) is 0 Å². The van der Waals surface area contributed by atoms with E-state index in [1.54, 1.807) is 11.1 Å². The molecule has 1 amide bonds. The fourth-order valence-corrected chi connectivity index (χ4v) is 1.87. The summed E-state index contributed by atoms with van der Waals surface area (Å²) in [5, 5.41) is 15.9. The summed E-state index contributed by atoms with van der Waals surface area (Å²) < 4.78 is 0. The van der Waals surface area contributed by atoms with Crippen LogP contribution < -0.4 is 0 Å². The van der Waals surface area contributed by atoms with Gasteiger partial charge in [-0.15, -0.1) is 0 Å². The van der Waals surface area contributed by atoms with Crippen LogP contribution in [-0.4, -0.2) is 45.3 Å². The topological polar surface area (TPSA) is 69.2 Å². The predicted octanol–water partition coefficient (Wildman–Crippen LogP) is 0.253. The van der Waals surface area contributed by atoms with Crippen LogP contribution in [0.1, 0.15) is 23.7 Å². The molecule has 0 spiro atoms. The first-order valence-electron chi connectivity index (χ1n) is 5.14. The maximum Gasteiger partial charge on any atom is 0.257 e. The number of piperidine rings is 1. The molecular formula is C10H15N3O2. The summed E-state index contributed by atoms with van der Waals surface area (Å²) in [7, 11) is 0. The zero-order chi connectivity index (χ0) is 10.8. The fraction of sp³-hybridized carbons (Fsp3) is 0.600. The standard InChI is InChI=1S/C10H15N3O2/c1-7-6-13(3-2-9(7)14)10(15)8-4-11-12-5-8/h4-5,7,9,14H,2-3,6H2,1H3,(H,11,12). The molecule has 0 aliphatic carbocycles. The van der Waals surface area contributed by atoms with E-state index in [1.807, 2.05) is 6.92 Å². The summed E-state index contributed by atoms with van der Waals surface area (Å²) in [5.74, 6) is 0.136. The maximum atomic E-state index is 11.9. The first kappa shape index (κ1) is 10.2. The average Bonchev–Trinajstić information content (AvgIpc) is 2.74. The molecule has 5 heteroatoms.